The molecule has 0 N–H and O–H groups in total. The van der Waals surface area contributed by atoms with Crippen LogP contribution in [0, 0.1) is 0 Å². The highest BCUT2D eigenvalue weighted by atomic mass is 28.3. The Kier molecular flexibility index (Phi) is 16.9. The monoisotopic (exact) mass is 552 g/mol. The van der Waals surface area contributed by atoms with E-state index in [4.69, 9.17) is 9.47 Å². The highest BCUT2D eigenvalue weighted by molar-refractivity contribution is 6.76. The lowest BCUT2D eigenvalue weighted by molar-refractivity contribution is 0.0734. The summed E-state index contributed by atoms with van der Waals surface area (Å²) in [4.78, 5) is 12.6. The molecule has 0 unspecified atom stereocenters. The summed E-state index contributed by atoms with van der Waals surface area (Å²) in [5, 5.41) is 0. The highest BCUT2D eigenvalue weighted by Gasteiger charge is 2.11. The van der Waals surface area contributed by atoms with E-state index >= 15 is 0 Å². The summed E-state index contributed by atoms with van der Waals surface area (Å²) in [7, 11) is -0.843. The molecule has 0 amide bonds. The zero-order chi connectivity index (χ0) is 28.2. The number of hydrogen-bond donors (Lipinski definition) is 0. The first-order valence-electron chi connectivity index (χ1n) is 15.9. The first-order valence-corrected chi connectivity index (χ1v) is 19.6. The van der Waals surface area contributed by atoms with E-state index in [0.717, 1.165) is 25.2 Å². The molecule has 0 aromatic heterocycles. The molecule has 2 aromatic rings. The van der Waals surface area contributed by atoms with Crippen molar-refractivity contribution in [2.75, 3.05) is 6.61 Å². The summed E-state index contributed by atoms with van der Waals surface area (Å²) < 4.78 is 11.5. The van der Waals surface area contributed by atoms with Gasteiger partial charge in [0, 0.05) is 8.07 Å². The predicted octanol–water partition coefficient (Wildman–Crippen LogP) is 11.0. The molecule has 0 bridgehead atoms. The third kappa shape index (κ3) is 16.6. The lowest BCUT2D eigenvalue weighted by Gasteiger charge is -2.14. The Morgan fingerprint density at radius 2 is 1.26 bits per heavy atom. The molecule has 2 aromatic carbocycles. The molecular weight excluding hydrogens is 496 g/mol. The van der Waals surface area contributed by atoms with E-state index < -0.39 is 8.07 Å². The van der Waals surface area contributed by atoms with Gasteiger partial charge < -0.3 is 9.47 Å². The molecule has 0 saturated heterocycles. The quantitative estimate of drug-likeness (QED) is 0.0630. The number of ether oxygens (including phenoxy) is 2. The molecule has 0 fully saturated rings. The van der Waals surface area contributed by atoms with Gasteiger partial charge in [0.25, 0.3) is 0 Å². The van der Waals surface area contributed by atoms with Crippen LogP contribution in [0.25, 0.3) is 0 Å². The summed E-state index contributed by atoms with van der Waals surface area (Å²) in [6.07, 6.45) is 20.7. The van der Waals surface area contributed by atoms with Crippen molar-refractivity contribution in [3.05, 3.63) is 59.7 Å². The number of aryl methyl sites for hydroxylation is 1. The van der Waals surface area contributed by atoms with Crippen LogP contribution in [0.5, 0.6) is 11.5 Å². The van der Waals surface area contributed by atoms with Crippen LogP contribution in [0.4, 0.5) is 0 Å². The molecule has 218 valence electrons. The van der Waals surface area contributed by atoms with E-state index in [-0.39, 0.29) is 5.97 Å². The molecule has 0 aliphatic rings. The Balaban J connectivity index is 1.58. The standard InChI is InChI=1S/C35H56O3Si/c1-5-6-7-8-15-18-28-37-33-26-24-32(25-27-33)35(36)38-34-23-20-22-31(30-34)21-17-14-12-10-9-11-13-16-19-29-39(2,3)4/h20,22-27,30H,5-19,21,28-29H2,1-4H3. The van der Waals surface area contributed by atoms with Crippen LogP contribution in [0.15, 0.2) is 48.5 Å². The number of esters is 1. The first-order chi connectivity index (χ1) is 18.9. The zero-order valence-corrected chi connectivity index (χ0v) is 26.6. The fourth-order valence-corrected chi connectivity index (χ4v) is 6.22. The molecule has 0 saturated carbocycles. The van der Waals surface area contributed by atoms with Crippen LogP contribution >= 0.6 is 0 Å². The molecular formula is C35H56O3Si. The Hall–Kier alpha value is -2.07. The summed E-state index contributed by atoms with van der Waals surface area (Å²) in [5.41, 5.74) is 1.78. The van der Waals surface area contributed by atoms with E-state index in [1.807, 2.05) is 30.3 Å². The van der Waals surface area contributed by atoms with Crippen molar-refractivity contribution < 1.29 is 14.3 Å². The van der Waals surface area contributed by atoms with Crippen LogP contribution in [-0.2, 0) is 6.42 Å². The minimum Gasteiger partial charge on any atom is -0.494 e. The van der Waals surface area contributed by atoms with Crippen LogP contribution in [0.3, 0.4) is 0 Å². The number of carbonyl (C=O) groups excluding carboxylic acids is 1. The number of rotatable bonds is 22. The van der Waals surface area contributed by atoms with E-state index in [9.17, 15) is 4.79 Å². The van der Waals surface area contributed by atoms with Crippen LogP contribution < -0.4 is 9.47 Å². The zero-order valence-electron chi connectivity index (χ0n) is 25.6. The topological polar surface area (TPSA) is 35.5 Å². The summed E-state index contributed by atoms with van der Waals surface area (Å²) in [6, 6.07) is 16.8. The lowest BCUT2D eigenvalue weighted by Crippen LogP contribution is -2.18. The molecule has 3 nitrogen and oxygen atoms in total. The number of hydrogen-bond acceptors (Lipinski definition) is 3. The molecule has 4 heteroatoms. The van der Waals surface area contributed by atoms with E-state index in [2.05, 4.69) is 32.6 Å². The van der Waals surface area contributed by atoms with Gasteiger partial charge in [0.2, 0.25) is 0 Å². The Labute approximate surface area is 241 Å². The maximum absolute atomic E-state index is 12.6. The SMILES string of the molecule is CCCCCCCCOc1ccc(C(=O)Oc2cccc(CCCCCCCCCCC[Si](C)(C)C)c2)cc1. The van der Waals surface area contributed by atoms with Crippen molar-refractivity contribution in [1.82, 2.24) is 0 Å². The van der Waals surface area contributed by atoms with Gasteiger partial charge in [-0.1, -0.05) is 128 Å². The van der Waals surface area contributed by atoms with E-state index in [1.54, 1.807) is 12.1 Å². The van der Waals surface area contributed by atoms with Crippen molar-refractivity contribution in [3.8, 4) is 11.5 Å². The van der Waals surface area contributed by atoms with Gasteiger partial charge in [-0.15, -0.1) is 0 Å². The largest absolute Gasteiger partial charge is 0.494 e. The Morgan fingerprint density at radius 1 is 0.667 bits per heavy atom. The Morgan fingerprint density at radius 3 is 1.90 bits per heavy atom. The van der Waals surface area contributed by atoms with Crippen LogP contribution in [0.2, 0.25) is 25.7 Å². The summed E-state index contributed by atoms with van der Waals surface area (Å²) in [6.45, 7) is 10.4. The van der Waals surface area contributed by atoms with Gasteiger partial charge in [0.1, 0.15) is 11.5 Å². The average molecular weight is 553 g/mol. The maximum atomic E-state index is 12.6. The van der Waals surface area contributed by atoms with Gasteiger partial charge in [-0.2, -0.15) is 0 Å². The summed E-state index contributed by atoms with van der Waals surface area (Å²) in [5.74, 6) is 1.10. The second-order valence-corrected chi connectivity index (χ2v) is 18.0. The van der Waals surface area contributed by atoms with Crippen LogP contribution in [-0.4, -0.2) is 20.7 Å². The van der Waals surface area contributed by atoms with Gasteiger partial charge in [-0.25, -0.2) is 4.79 Å². The normalized spacial score (nSPS) is 11.5. The lowest BCUT2D eigenvalue weighted by atomic mass is 10.0. The molecule has 0 heterocycles. The smallest absolute Gasteiger partial charge is 0.343 e. The molecule has 2 rings (SSSR count). The molecule has 0 aliphatic carbocycles. The fraction of sp³-hybridized carbons (Fsp3) is 0.629. The minimum atomic E-state index is -0.843. The van der Waals surface area contributed by atoms with Gasteiger partial charge >= 0.3 is 5.97 Å². The molecule has 0 radical (unpaired) electrons. The van der Waals surface area contributed by atoms with Crippen LogP contribution in [0.1, 0.15) is 119 Å². The van der Waals surface area contributed by atoms with Crippen molar-refractivity contribution in [2.45, 2.75) is 135 Å². The van der Waals surface area contributed by atoms with Crippen molar-refractivity contribution in [3.63, 3.8) is 0 Å². The second-order valence-electron chi connectivity index (χ2n) is 12.4. The van der Waals surface area contributed by atoms with Gasteiger partial charge in [0.15, 0.2) is 0 Å². The molecule has 0 atom stereocenters. The third-order valence-corrected chi connectivity index (χ3v) is 9.21. The van der Waals surface area contributed by atoms with Gasteiger partial charge in [0.05, 0.1) is 12.2 Å². The second kappa shape index (κ2) is 19.9. The van der Waals surface area contributed by atoms with Gasteiger partial charge in [-0.05, 0) is 61.2 Å². The maximum Gasteiger partial charge on any atom is 0.343 e. The van der Waals surface area contributed by atoms with Crippen molar-refractivity contribution in [2.24, 2.45) is 0 Å². The van der Waals surface area contributed by atoms with E-state index in [1.165, 1.54) is 101 Å². The average Bonchev–Trinajstić information content (AvgIpc) is 2.91. The molecule has 39 heavy (non-hydrogen) atoms. The summed E-state index contributed by atoms with van der Waals surface area (Å²) >= 11 is 0. The van der Waals surface area contributed by atoms with E-state index in [0.29, 0.717) is 11.3 Å². The predicted molar refractivity (Wildman–Crippen MR) is 170 cm³/mol. The van der Waals surface area contributed by atoms with Crippen molar-refractivity contribution >= 4 is 14.0 Å². The van der Waals surface area contributed by atoms with Gasteiger partial charge in [-0.3, -0.25) is 0 Å². The molecule has 0 spiro atoms. The molecule has 0 aliphatic heterocycles. The Bertz CT molecular complexity index is 901. The number of benzene rings is 2. The number of carbonyl (C=O) groups is 1. The highest BCUT2D eigenvalue weighted by Crippen LogP contribution is 2.20. The minimum absolute atomic E-state index is 0.324. The fourth-order valence-electron chi connectivity index (χ4n) is 4.91. The van der Waals surface area contributed by atoms with Crippen molar-refractivity contribution in [1.29, 1.82) is 0 Å². The number of unbranched alkanes of at least 4 members (excludes halogenated alkanes) is 13. The first kappa shape index (κ1) is 33.1. The third-order valence-electron chi connectivity index (χ3n) is 7.36.